The molecule has 1 aliphatic rings. The van der Waals surface area contributed by atoms with Gasteiger partial charge in [0.2, 0.25) is 5.91 Å². The third kappa shape index (κ3) is 3.30. The number of carbonyl (C=O) groups excluding carboxylic acids is 1. The van der Waals surface area contributed by atoms with E-state index in [0.717, 1.165) is 37.2 Å². The topological polar surface area (TPSA) is 59.6 Å². The van der Waals surface area contributed by atoms with Crippen molar-refractivity contribution in [2.45, 2.75) is 25.3 Å². The Kier molecular flexibility index (Phi) is 4.49. The van der Waals surface area contributed by atoms with E-state index < -0.39 is 0 Å². The Morgan fingerprint density at radius 3 is 2.84 bits per heavy atom. The lowest BCUT2D eigenvalue weighted by Crippen LogP contribution is -2.37. The van der Waals surface area contributed by atoms with Gasteiger partial charge in [0.1, 0.15) is 17.5 Å². The summed E-state index contributed by atoms with van der Waals surface area (Å²) in [6, 6.07) is 5.32. The van der Waals surface area contributed by atoms with Crippen LogP contribution in [0.4, 0.5) is 5.69 Å². The van der Waals surface area contributed by atoms with Gasteiger partial charge in [-0.25, -0.2) is 0 Å². The third-order valence-electron chi connectivity index (χ3n) is 3.27. The van der Waals surface area contributed by atoms with Gasteiger partial charge in [0, 0.05) is 12.6 Å². The molecule has 0 aliphatic carbocycles. The minimum Gasteiger partial charge on any atom is -0.497 e. The number of amides is 1. The molecule has 0 saturated carbocycles. The molecule has 104 valence electrons. The van der Waals surface area contributed by atoms with Crippen molar-refractivity contribution in [2.75, 3.05) is 26.1 Å². The van der Waals surface area contributed by atoms with Gasteiger partial charge in [-0.1, -0.05) is 0 Å². The van der Waals surface area contributed by atoms with Crippen molar-refractivity contribution in [2.24, 2.45) is 0 Å². The van der Waals surface area contributed by atoms with Crippen LogP contribution in [0.3, 0.4) is 0 Å². The van der Waals surface area contributed by atoms with Gasteiger partial charge in [0.15, 0.2) is 0 Å². The van der Waals surface area contributed by atoms with Crippen LogP contribution in [-0.2, 0) is 4.79 Å². The summed E-state index contributed by atoms with van der Waals surface area (Å²) in [5, 5.41) is 6.16. The maximum Gasteiger partial charge on any atom is 0.242 e. The lowest BCUT2D eigenvalue weighted by molar-refractivity contribution is -0.121. The molecule has 1 fully saturated rings. The number of hydrogen-bond acceptors (Lipinski definition) is 4. The molecule has 1 unspecified atom stereocenters. The van der Waals surface area contributed by atoms with E-state index in [2.05, 4.69) is 10.6 Å². The van der Waals surface area contributed by atoms with E-state index in [1.807, 2.05) is 12.1 Å². The van der Waals surface area contributed by atoms with Crippen LogP contribution in [0.2, 0.25) is 0 Å². The number of carbonyl (C=O) groups is 1. The zero-order valence-corrected chi connectivity index (χ0v) is 11.4. The van der Waals surface area contributed by atoms with Gasteiger partial charge >= 0.3 is 0 Å². The summed E-state index contributed by atoms with van der Waals surface area (Å²) < 4.78 is 10.5. The summed E-state index contributed by atoms with van der Waals surface area (Å²) in [5.74, 6) is 1.46. The molecule has 1 aromatic carbocycles. The summed E-state index contributed by atoms with van der Waals surface area (Å²) in [4.78, 5) is 11.9. The first-order chi connectivity index (χ1) is 9.24. The molecule has 5 nitrogen and oxygen atoms in total. The molecular weight excluding hydrogens is 244 g/mol. The average molecular weight is 264 g/mol. The summed E-state index contributed by atoms with van der Waals surface area (Å²) >= 11 is 0. The Morgan fingerprint density at radius 1 is 1.26 bits per heavy atom. The SMILES string of the molecule is COc1ccc(NC2CCCCNC2=O)c(OC)c1. The zero-order valence-electron chi connectivity index (χ0n) is 11.4. The van der Waals surface area contributed by atoms with Gasteiger partial charge < -0.3 is 20.1 Å². The number of nitrogens with one attached hydrogen (secondary N) is 2. The first-order valence-corrected chi connectivity index (χ1v) is 6.51. The number of ether oxygens (including phenoxy) is 2. The summed E-state index contributed by atoms with van der Waals surface area (Å²) in [7, 11) is 3.22. The van der Waals surface area contributed by atoms with Gasteiger partial charge in [0.05, 0.1) is 19.9 Å². The smallest absolute Gasteiger partial charge is 0.242 e. The first kappa shape index (κ1) is 13.5. The molecule has 0 radical (unpaired) electrons. The Bertz CT molecular complexity index is 448. The minimum atomic E-state index is -0.204. The highest BCUT2D eigenvalue weighted by atomic mass is 16.5. The predicted molar refractivity (Wildman–Crippen MR) is 73.8 cm³/mol. The van der Waals surface area contributed by atoms with E-state index in [-0.39, 0.29) is 11.9 Å². The van der Waals surface area contributed by atoms with Crippen LogP contribution in [0.5, 0.6) is 11.5 Å². The number of anilines is 1. The Balaban J connectivity index is 2.15. The number of hydrogen-bond donors (Lipinski definition) is 2. The molecule has 1 atom stereocenters. The van der Waals surface area contributed by atoms with Gasteiger partial charge in [-0.05, 0) is 31.4 Å². The van der Waals surface area contributed by atoms with Crippen LogP contribution in [0.1, 0.15) is 19.3 Å². The Hall–Kier alpha value is -1.91. The van der Waals surface area contributed by atoms with Crippen LogP contribution in [0.15, 0.2) is 18.2 Å². The molecule has 2 rings (SSSR count). The monoisotopic (exact) mass is 264 g/mol. The number of benzene rings is 1. The lowest BCUT2D eigenvalue weighted by atomic mass is 10.1. The zero-order chi connectivity index (χ0) is 13.7. The van der Waals surface area contributed by atoms with Gasteiger partial charge in [-0.2, -0.15) is 0 Å². The molecule has 1 aromatic rings. The van der Waals surface area contributed by atoms with Crippen molar-refractivity contribution in [1.82, 2.24) is 5.32 Å². The van der Waals surface area contributed by atoms with Gasteiger partial charge in [-0.3, -0.25) is 4.79 Å². The highest BCUT2D eigenvalue weighted by Gasteiger charge is 2.21. The summed E-state index contributed by atoms with van der Waals surface area (Å²) in [6.45, 7) is 0.761. The van der Waals surface area contributed by atoms with E-state index in [1.54, 1.807) is 20.3 Å². The fourth-order valence-electron chi connectivity index (χ4n) is 2.18. The molecule has 1 heterocycles. The number of methoxy groups -OCH3 is 2. The molecule has 2 N–H and O–H groups in total. The maximum absolute atomic E-state index is 11.9. The van der Waals surface area contributed by atoms with E-state index >= 15 is 0 Å². The standard InChI is InChI=1S/C14H20N2O3/c1-18-10-6-7-11(13(9-10)19-2)16-12-5-3-4-8-15-14(12)17/h6-7,9,12,16H,3-5,8H2,1-2H3,(H,15,17). The maximum atomic E-state index is 11.9. The van der Waals surface area contributed by atoms with Crippen LogP contribution < -0.4 is 20.1 Å². The average Bonchev–Trinajstić information content (AvgIpc) is 2.64. The summed E-state index contributed by atoms with van der Waals surface area (Å²) in [6.07, 6.45) is 2.90. The summed E-state index contributed by atoms with van der Waals surface area (Å²) in [5.41, 5.74) is 0.811. The van der Waals surface area contributed by atoms with Gasteiger partial charge in [-0.15, -0.1) is 0 Å². The molecule has 0 bridgehead atoms. The fraction of sp³-hybridized carbons (Fsp3) is 0.500. The number of rotatable bonds is 4. The van der Waals surface area contributed by atoms with Crippen LogP contribution in [0, 0.1) is 0 Å². The highest BCUT2D eigenvalue weighted by molar-refractivity contribution is 5.85. The molecular formula is C14H20N2O3. The second kappa shape index (κ2) is 6.31. The molecule has 0 spiro atoms. The van der Waals surface area contributed by atoms with Crippen molar-refractivity contribution in [1.29, 1.82) is 0 Å². The van der Waals surface area contributed by atoms with E-state index in [1.165, 1.54) is 0 Å². The van der Waals surface area contributed by atoms with Crippen LogP contribution in [0.25, 0.3) is 0 Å². The molecule has 0 aromatic heterocycles. The molecule has 19 heavy (non-hydrogen) atoms. The Labute approximate surface area is 113 Å². The van der Waals surface area contributed by atoms with Crippen molar-refractivity contribution >= 4 is 11.6 Å². The second-order valence-corrected chi connectivity index (χ2v) is 4.55. The molecule has 1 aliphatic heterocycles. The molecule has 1 amide bonds. The predicted octanol–water partition coefficient (Wildman–Crippen LogP) is 1.78. The fourth-order valence-corrected chi connectivity index (χ4v) is 2.18. The first-order valence-electron chi connectivity index (χ1n) is 6.51. The largest absolute Gasteiger partial charge is 0.497 e. The van der Waals surface area contributed by atoms with Crippen molar-refractivity contribution < 1.29 is 14.3 Å². The molecule has 1 saturated heterocycles. The third-order valence-corrected chi connectivity index (χ3v) is 3.27. The normalized spacial score (nSPS) is 19.3. The van der Waals surface area contributed by atoms with Gasteiger partial charge in [0.25, 0.3) is 0 Å². The van der Waals surface area contributed by atoms with Crippen molar-refractivity contribution in [3.8, 4) is 11.5 Å². The quantitative estimate of drug-likeness (QED) is 0.870. The lowest BCUT2D eigenvalue weighted by Gasteiger charge is -2.19. The van der Waals surface area contributed by atoms with Crippen LogP contribution >= 0.6 is 0 Å². The van der Waals surface area contributed by atoms with E-state index in [0.29, 0.717) is 5.75 Å². The second-order valence-electron chi connectivity index (χ2n) is 4.55. The van der Waals surface area contributed by atoms with Crippen molar-refractivity contribution in [3.05, 3.63) is 18.2 Å². The highest BCUT2D eigenvalue weighted by Crippen LogP contribution is 2.30. The minimum absolute atomic E-state index is 0.0513. The van der Waals surface area contributed by atoms with Crippen LogP contribution in [-0.4, -0.2) is 32.7 Å². The molecule has 5 heteroatoms. The van der Waals surface area contributed by atoms with E-state index in [9.17, 15) is 4.79 Å². The van der Waals surface area contributed by atoms with Crippen molar-refractivity contribution in [3.63, 3.8) is 0 Å². The van der Waals surface area contributed by atoms with E-state index in [4.69, 9.17) is 9.47 Å². The Morgan fingerprint density at radius 2 is 2.11 bits per heavy atom.